The van der Waals surface area contributed by atoms with E-state index in [4.69, 9.17) is 0 Å². The number of benzene rings is 1. The zero-order chi connectivity index (χ0) is 12.8. The molecule has 0 atom stereocenters. The Bertz CT molecular complexity index is 438. The normalized spacial score (nSPS) is 16.8. The van der Waals surface area contributed by atoms with Crippen LogP contribution in [0.2, 0.25) is 0 Å². The van der Waals surface area contributed by atoms with Crippen molar-refractivity contribution in [3.8, 4) is 0 Å². The average molecular weight is 247 g/mol. The molecule has 0 unspecified atom stereocenters. The number of rotatable bonds is 3. The van der Waals surface area contributed by atoms with E-state index in [2.05, 4.69) is 5.10 Å². The zero-order valence-corrected chi connectivity index (χ0v) is 10.3. The number of hydrogen-bond acceptors (Lipinski definition) is 4. The molecule has 5 heteroatoms. The Morgan fingerprint density at radius 1 is 1.17 bits per heavy atom. The first-order valence-electron chi connectivity index (χ1n) is 6.30. The van der Waals surface area contributed by atoms with Gasteiger partial charge in [-0.1, -0.05) is 25.0 Å². The molecule has 5 nitrogen and oxygen atoms in total. The molecule has 0 saturated carbocycles. The minimum Gasteiger partial charge on any atom is -0.297 e. The fraction of sp³-hybridized carbons (Fsp3) is 0.462. The molecule has 0 bridgehead atoms. The number of nitro benzene ring substituents is 1. The Kier molecular flexibility index (Phi) is 4.28. The fourth-order valence-corrected chi connectivity index (χ4v) is 2.08. The third-order valence-electron chi connectivity index (χ3n) is 3.08. The van der Waals surface area contributed by atoms with Crippen molar-refractivity contribution in [2.45, 2.75) is 25.7 Å². The minimum absolute atomic E-state index is 0.107. The molecule has 1 fully saturated rings. The van der Waals surface area contributed by atoms with Gasteiger partial charge in [-0.15, -0.1) is 0 Å². The molecule has 0 amide bonds. The van der Waals surface area contributed by atoms with Crippen LogP contribution in [0.4, 0.5) is 5.69 Å². The molecule has 0 radical (unpaired) electrons. The summed E-state index contributed by atoms with van der Waals surface area (Å²) in [5.74, 6) is 0. The van der Waals surface area contributed by atoms with Gasteiger partial charge in [0.15, 0.2) is 0 Å². The summed E-state index contributed by atoms with van der Waals surface area (Å²) in [5, 5.41) is 17.2. The highest BCUT2D eigenvalue weighted by molar-refractivity contribution is 5.84. The van der Waals surface area contributed by atoms with Crippen LogP contribution in [-0.4, -0.2) is 29.2 Å². The lowest BCUT2D eigenvalue weighted by Gasteiger charge is -2.15. The van der Waals surface area contributed by atoms with Crippen molar-refractivity contribution in [3.05, 3.63) is 39.9 Å². The largest absolute Gasteiger partial charge is 0.297 e. The van der Waals surface area contributed by atoms with E-state index in [1.807, 2.05) is 5.01 Å². The maximum absolute atomic E-state index is 10.9. The van der Waals surface area contributed by atoms with E-state index in [1.165, 1.54) is 18.9 Å². The van der Waals surface area contributed by atoms with E-state index >= 15 is 0 Å². The summed E-state index contributed by atoms with van der Waals surface area (Å²) in [6, 6.07) is 6.68. The minimum atomic E-state index is -0.371. The molecule has 0 spiro atoms. The summed E-state index contributed by atoms with van der Waals surface area (Å²) in [6.45, 7) is 1.88. The van der Waals surface area contributed by atoms with E-state index in [-0.39, 0.29) is 10.6 Å². The highest BCUT2D eigenvalue weighted by atomic mass is 16.6. The van der Waals surface area contributed by atoms with Crippen molar-refractivity contribution in [1.82, 2.24) is 5.01 Å². The Hall–Kier alpha value is -1.91. The van der Waals surface area contributed by atoms with E-state index in [1.54, 1.807) is 24.4 Å². The number of hydrogen-bond donors (Lipinski definition) is 0. The number of nitrogens with zero attached hydrogens (tertiary/aromatic N) is 3. The highest BCUT2D eigenvalue weighted by Crippen LogP contribution is 2.16. The maximum Gasteiger partial charge on any atom is 0.278 e. The third-order valence-corrected chi connectivity index (χ3v) is 3.08. The van der Waals surface area contributed by atoms with Gasteiger partial charge < -0.3 is 0 Å². The number of para-hydroxylation sites is 1. The molecule has 0 N–H and O–H groups in total. The lowest BCUT2D eigenvalue weighted by molar-refractivity contribution is -0.385. The molecule has 1 aliphatic rings. The summed E-state index contributed by atoms with van der Waals surface area (Å²) < 4.78 is 0. The maximum atomic E-state index is 10.9. The Balaban J connectivity index is 2.10. The van der Waals surface area contributed by atoms with Gasteiger partial charge in [-0.2, -0.15) is 5.10 Å². The number of hydrazone groups is 1. The Morgan fingerprint density at radius 3 is 2.50 bits per heavy atom. The van der Waals surface area contributed by atoms with Crippen LogP contribution in [0.15, 0.2) is 29.4 Å². The van der Waals surface area contributed by atoms with Crippen LogP contribution in [0.5, 0.6) is 0 Å². The molecule has 1 aliphatic heterocycles. The average Bonchev–Trinajstić information content (AvgIpc) is 2.65. The first-order valence-corrected chi connectivity index (χ1v) is 6.30. The Labute approximate surface area is 106 Å². The molecular weight excluding hydrogens is 230 g/mol. The van der Waals surface area contributed by atoms with Crippen LogP contribution >= 0.6 is 0 Å². The van der Waals surface area contributed by atoms with Gasteiger partial charge in [-0.05, 0) is 18.9 Å². The molecule has 2 rings (SSSR count). The second kappa shape index (κ2) is 6.14. The molecular formula is C13H17N3O2. The number of nitro groups is 1. The summed E-state index contributed by atoms with van der Waals surface area (Å²) in [7, 11) is 0. The van der Waals surface area contributed by atoms with Gasteiger partial charge in [-0.3, -0.25) is 15.1 Å². The first-order chi connectivity index (χ1) is 8.77. The van der Waals surface area contributed by atoms with Crippen LogP contribution in [0, 0.1) is 10.1 Å². The van der Waals surface area contributed by atoms with Crippen LogP contribution in [0.1, 0.15) is 31.2 Å². The van der Waals surface area contributed by atoms with E-state index < -0.39 is 0 Å². The molecule has 1 saturated heterocycles. The molecule has 96 valence electrons. The van der Waals surface area contributed by atoms with Crippen molar-refractivity contribution < 1.29 is 4.92 Å². The van der Waals surface area contributed by atoms with E-state index in [9.17, 15) is 10.1 Å². The molecule has 0 aliphatic carbocycles. The quantitative estimate of drug-likeness (QED) is 0.469. The molecule has 1 heterocycles. The molecule has 1 aromatic carbocycles. The summed E-state index contributed by atoms with van der Waals surface area (Å²) in [6.07, 6.45) is 6.39. The van der Waals surface area contributed by atoms with Crippen LogP contribution in [-0.2, 0) is 0 Å². The Morgan fingerprint density at radius 2 is 1.83 bits per heavy atom. The summed E-state index contributed by atoms with van der Waals surface area (Å²) >= 11 is 0. The van der Waals surface area contributed by atoms with Crippen LogP contribution < -0.4 is 0 Å². The molecule has 18 heavy (non-hydrogen) atoms. The van der Waals surface area contributed by atoms with Gasteiger partial charge >= 0.3 is 0 Å². The standard InChI is InChI=1S/C13H17N3O2/c17-16(18)13-8-4-3-7-12(13)11-14-15-9-5-1-2-6-10-15/h3-4,7-8,11H,1-2,5-6,9-10H2/b14-11-. The monoisotopic (exact) mass is 247 g/mol. The van der Waals surface area contributed by atoms with Crippen molar-refractivity contribution in [3.63, 3.8) is 0 Å². The van der Waals surface area contributed by atoms with E-state index in [0.29, 0.717) is 5.56 Å². The first kappa shape index (κ1) is 12.5. The van der Waals surface area contributed by atoms with Crippen LogP contribution in [0.3, 0.4) is 0 Å². The predicted molar refractivity (Wildman–Crippen MR) is 70.7 cm³/mol. The SMILES string of the molecule is O=[N+]([O-])c1ccccc1/C=N\N1CCCCCC1. The van der Waals surface area contributed by atoms with Gasteiger partial charge in [0.2, 0.25) is 0 Å². The summed E-state index contributed by atoms with van der Waals surface area (Å²) in [5.41, 5.74) is 0.669. The lowest BCUT2D eigenvalue weighted by atomic mass is 10.2. The van der Waals surface area contributed by atoms with Gasteiger partial charge in [0, 0.05) is 19.2 Å². The lowest BCUT2D eigenvalue weighted by Crippen LogP contribution is -2.18. The molecule has 1 aromatic rings. The zero-order valence-electron chi connectivity index (χ0n) is 10.3. The van der Waals surface area contributed by atoms with Crippen molar-refractivity contribution >= 4 is 11.9 Å². The van der Waals surface area contributed by atoms with Gasteiger partial charge in [-0.25, -0.2) is 0 Å². The fourth-order valence-electron chi connectivity index (χ4n) is 2.08. The summed E-state index contributed by atoms with van der Waals surface area (Å²) in [4.78, 5) is 10.5. The van der Waals surface area contributed by atoms with Crippen molar-refractivity contribution in [2.24, 2.45) is 5.10 Å². The smallest absolute Gasteiger partial charge is 0.278 e. The van der Waals surface area contributed by atoms with E-state index in [0.717, 1.165) is 25.9 Å². The van der Waals surface area contributed by atoms with Gasteiger partial charge in [0.1, 0.15) is 0 Å². The predicted octanol–water partition coefficient (Wildman–Crippen LogP) is 2.80. The van der Waals surface area contributed by atoms with Crippen LogP contribution in [0.25, 0.3) is 0 Å². The molecule has 0 aromatic heterocycles. The van der Waals surface area contributed by atoms with Gasteiger partial charge in [0.25, 0.3) is 5.69 Å². The third kappa shape index (κ3) is 3.29. The van der Waals surface area contributed by atoms with Crippen molar-refractivity contribution in [1.29, 1.82) is 0 Å². The highest BCUT2D eigenvalue weighted by Gasteiger charge is 2.11. The topological polar surface area (TPSA) is 58.7 Å². The second-order valence-electron chi connectivity index (χ2n) is 4.43. The second-order valence-corrected chi connectivity index (χ2v) is 4.43. The van der Waals surface area contributed by atoms with Crippen molar-refractivity contribution in [2.75, 3.05) is 13.1 Å². The van der Waals surface area contributed by atoms with Gasteiger partial charge in [0.05, 0.1) is 16.7 Å².